The SMILES string of the molecule is FC1(F)SC(F)(F)C(Cl)(Cl)C1(F)Cl. The highest BCUT2D eigenvalue weighted by atomic mass is 35.5. The molecule has 9 heteroatoms. The van der Waals surface area contributed by atoms with Crippen LogP contribution in [0.3, 0.4) is 0 Å². The van der Waals surface area contributed by atoms with Gasteiger partial charge in [-0.2, -0.15) is 17.6 Å². The van der Waals surface area contributed by atoms with Crippen molar-refractivity contribution in [2.45, 2.75) is 20.0 Å². The number of thioether (sulfide) groups is 1. The molecule has 1 heterocycles. The van der Waals surface area contributed by atoms with E-state index in [9.17, 15) is 22.0 Å². The van der Waals surface area contributed by atoms with Gasteiger partial charge in [0.15, 0.2) is 0 Å². The Morgan fingerprint density at radius 3 is 1.23 bits per heavy atom. The maximum absolute atomic E-state index is 12.9. The molecule has 1 atom stereocenters. The quantitative estimate of drug-likeness (QED) is 0.478. The van der Waals surface area contributed by atoms with E-state index >= 15 is 0 Å². The second kappa shape index (κ2) is 2.71. The summed E-state index contributed by atoms with van der Waals surface area (Å²) in [6, 6.07) is 0. The molecule has 1 fully saturated rings. The summed E-state index contributed by atoms with van der Waals surface area (Å²) in [5.74, 6) is 0. The molecule has 0 spiro atoms. The largest absolute Gasteiger partial charge is 0.349 e. The maximum atomic E-state index is 12.9. The van der Waals surface area contributed by atoms with Crippen molar-refractivity contribution in [3.05, 3.63) is 0 Å². The maximum Gasteiger partial charge on any atom is 0.349 e. The van der Waals surface area contributed by atoms with Crippen LogP contribution in [0.1, 0.15) is 0 Å². The van der Waals surface area contributed by atoms with Crippen molar-refractivity contribution >= 4 is 46.6 Å². The number of rotatable bonds is 0. The van der Waals surface area contributed by atoms with Gasteiger partial charge in [-0.25, -0.2) is 4.39 Å². The van der Waals surface area contributed by atoms with Crippen LogP contribution in [0, 0.1) is 0 Å². The average molecular weight is 281 g/mol. The molecule has 0 aromatic heterocycles. The van der Waals surface area contributed by atoms with E-state index in [1.165, 1.54) is 0 Å². The Balaban J connectivity index is 3.24. The van der Waals surface area contributed by atoms with Gasteiger partial charge >= 0.3 is 10.5 Å². The third-order valence-corrected chi connectivity index (χ3v) is 4.53. The van der Waals surface area contributed by atoms with Crippen LogP contribution in [-0.2, 0) is 0 Å². The van der Waals surface area contributed by atoms with Gasteiger partial charge in [0.05, 0.1) is 0 Å². The fraction of sp³-hybridized carbons (Fsp3) is 1.00. The number of hydrogen-bond acceptors (Lipinski definition) is 1. The molecule has 0 nitrogen and oxygen atoms in total. The van der Waals surface area contributed by atoms with Gasteiger partial charge in [-0.1, -0.05) is 34.8 Å². The standard InChI is InChI=1S/C4Cl3F5S/c5-1(6)2(7,8)4(11,12)13-3(1,9)10. The molecule has 1 aliphatic rings. The Kier molecular flexibility index (Phi) is 2.49. The molecule has 0 radical (unpaired) electrons. The Labute approximate surface area is 88.7 Å². The van der Waals surface area contributed by atoms with E-state index in [-0.39, 0.29) is 0 Å². The molecule has 0 aliphatic carbocycles. The Hall–Kier alpha value is 0.870. The first kappa shape index (κ1) is 11.9. The number of halogens is 8. The van der Waals surface area contributed by atoms with Crippen LogP contribution >= 0.6 is 46.6 Å². The molecule has 1 unspecified atom stereocenters. The molecule has 0 bridgehead atoms. The van der Waals surface area contributed by atoms with Gasteiger partial charge < -0.3 is 0 Å². The molecule has 0 N–H and O–H groups in total. The predicted molar refractivity (Wildman–Crippen MR) is 41.6 cm³/mol. The normalized spacial score (nSPS) is 40.6. The lowest BCUT2D eigenvalue weighted by atomic mass is 10.2. The van der Waals surface area contributed by atoms with Crippen LogP contribution in [0.4, 0.5) is 22.0 Å². The number of alkyl halides is 8. The second-order valence-corrected chi connectivity index (χ2v) is 5.36. The third kappa shape index (κ3) is 1.33. The van der Waals surface area contributed by atoms with Gasteiger partial charge in [-0.15, -0.1) is 0 Å². The summed E-state index contributed by atoms with van der Waals surface area (Å²) in [5.41, 5.74) is 0. The van der Waals surface area contributed by atoms with Crippen molar-refractivity contribution in [1.82, 2.24) is 0 Å². The summed E-state index contributed by atoms with van der Waals surface area (Å²) in [4.78, 5) is 0. The summed E-state index contributed by atoms with van der Waals surface area (Å²) in [5, 5.41) is -13.1. The highest BCUT2D eigenvalue weighted by Crippen LogP contribution is 2.71. The molecule has 0 amide bonds. The van der Waals surface area contributed by atoms with Crippen molar-refractivity contribution in [1.29, 1.82) is 0 Å². The van der Waals surface area contributed by atoms with Gasteiger partial charge in [-0.05, 0) is 11.8 Å². The summed E-state index contributed by atoms with van der Waals surface area (Å²) in [6.07, 6.45) is 0. The van der Waals surface area contributed by atoms with Crippen molar-refractivity contribution in [2.75, 3.05) is 0 Å². The van der Waals surface area contributed by atoms with Crippen LogP contribution in [0.15, 0.2) is 0 Å². The highest BCUT2D eigenvalue weighted by molar-refractivity contribution is 8.02. The fourth-order valence-corrected chi connectivity index (χ4v) is 2.40. The first-order valence-electron chi connectivity index (χ1n) is 2.67. The highest BCUT2D eigenvalue weighted by Gasteiger charge is 2.84. The van der Waals surface area contributed by atoms with Crippen molar-refractivity contribution in [3.8, 4) is 0 Å². The van der Waals surface area contributed by atoms with Crippen LogP contribution < -0.4 is 0 Å². The lowest BCUT2D eigenvalue weighted by Crippen LogP contribution is -2.48. The molecule has 1 rings (SSSR count). The zero-order chi connectivity index (χ0) is 10.7. The first-order chi connectivity index (χ1) is 5.46. The molecule has 78 valence electrons. The second-order valence-electron chi connectivity index (χ2n) is 2.28. The van der Waals surface area contributed by atoms with E-state index < -0.39 is 31.7 Å². The topological polar surface area (TPSA) is 0 Å². The molecule has 0 saturated carbocycles. The van der Waals surface area contributed by atoms with E-state index in [0.717, 1.165) is 0 Å². The molecular formula is C4Cl3F5S. The monoisotopic (exact) mass is 280 g/mol. The summed E-state index contributed by atoms with van der Waals surface area (Å²) >= 11 is 12.7. The van der Waals surface area contributed by atoms with Gasteiger partial charge in [0.25, 0.3) is 5.13 Å². The van der Waals surface area contributed by atoms with Crippen LogP contribution in [0.25, 0.3) is 0 Å². The Morgan fingerprint density at radius 2 is 1.15 bits per heavy atom. The molecule has 1 aliphatic heterocycles. The molecule has 13 heavy (non-hydrogen) atoms. The van der Waals surface area contributed by atoms with Crippen LogP contribution in [0.5, 0.6) is 0 Å². The predicted octanol–water partition coefficient (Wildman–Crippen LogP) is 4.00. The fourth-order valence-electron chi connectivity index (χ4n) is 0.655. The van der Waals surface area contributed by atoms with Crippen molar-refractivity contribution in [3.63, 3.8) is 0 Å². The van der Waals surface area contributed by atoms with Crippen LogP contribution in [0.2, 0.25) is 0 Å². The number of hydrogen-bond donors (Lipinski definition) is 0. The van der Waals surface area contributed by atoms with E-state index in [0.29, 0.717) is 0 Å². The summed E-state index contributed by atoms with van der Waals surface area (Å²) in [6.45, 7) is 0. The lowest BCUT2D eigenvalue weighted by Gasteiger charge is -2.27. The lowest BCUT2D eigenvalue weighted by molar-refractivity contribution is -0.0297. The zero-order valence-corrected chi connectivity index (χ0v) is 8.52. The third-order valence-electron chi connectivity index (χ3n) is 1.38. The van der Waals surface area contributed by atoms with Gasteiger partial charge in [0, 0.05) is 0 Å². The Bertz CT molecular complexity index is 216. The van der Waals surface area contributed by atoms with Gasteiger partial charge in [-0.3, -0.25) is 0 Å². The minimum atomic E-state index is -4.54. The van der Waals surface area contributed by atoms with Crippen molar-refractivity contribution in [2.24, 2.45) is 0 Å². The van der Waals surface area contributed by atoms with E-state index in [1.54, 1.807) is 0 Å². The summed E-state index contributed by atoms with van der Waals surface area (Å²) in [7, 11) is 0. The molecular weight excluding hydrogens is 281 g/mol. The van der Waals surface area contributed by atoms with E-state index in [2.05, 4.69) is 11.6 Å². The minimum absolute atomic E-state index is 1.30. The molecule has 0 aromatic rings. The zero-order valence-electron chi connectivity index (χ0n) is 5.43. The smallest absolute Gasteiger partial charge is 0.215 e. The first-order valence-corrected chi connectivity index (χ1v) is 4.62. The molecule has 1 saturated heterocycles. The van der Waals surface area contributed by atoms with E-state index in [1.807, 2.05) is 0 Å². The minimum Gasteiger partial charge on any atom is -0.215 e. The molecule has 0 aromatic carbocycles. The van der Waals surface area contributed by atoms with Gasteiger partial charge in [0.1, 0.15) is 0 Å². The van der Waals surface area contributed by atoms with Crippen LogP contribution in [-0.4, -0.2) is 20.0 Å². The van der Waals surface area contributed by atoms with E-state index in [4.69, 9.17) is 23.2 Å². The summed E-state index contributed by atoms with van der Waals surface area (Å²) < 4.78 is 59.5. The average Bonchev–Trinajstić information content (AvgIpc) is 1.88. The van der Waals surface area contributed by atoms with Gasteiger partial charge in [0.2, 0.25) is 4.33 Å². The Morgan fingerprint density at radius 1 is 0.769 bits per heavy atom. The van der Waals surface area contributed by atoms with Crippen molar-refractivity contribution < 1.29 is 22.0 Å².